The summed E-state index contributed by atoms with van der Waals surface area (Å²) < 4.78 is 6.06. The van der Waals surface area contributed by atoms with Gasteiger partial charge in [-0.15, -0.1) is 0 Å². The minimum atomic E-state index is -0.269. The van der Waals surface area contributed by atoms with E-state index in [0.717, 1.165) is 36.9 Å². The first kappa shape index (κ1) is 22.6. The zero-order chi connectivity index (χ0) is 19.7. The second kappa shape index (κ2) is 11.3. The Morgan fingerprint density at radius 2 is 1.77 bits per heavy atom. The average Bonchev–Trinajstić information content (AvgIpc) is 2.63. The Labute approximate surface area is 159 Å². The molecule has 0 aliphatic heterocycles. The molecular formula is C23H36O3. The van der Waals surface area contributed by atoms with Gasteiger partial charge in [0.2, 0.25) is 0 Å². The summed E-state index contributed by atoms with van der Waals surface area (Å²) in [5.41, 5.74) is 5.94. The number of benzene rings is 1. The molecular weight excluding hydrogens is 324 g/mol. The van der Waals surface area contributed by atoms with Crippen LogP contribution in [0.25, 0.3) is 0 Å². The van der Waals surface area contributed by atoms with Crippen molar-refractivity contribution in [1.82, 2.24) is 0 Å². The molecule has 0 heterocycles. The summed E-state index contributed by atoms with van der Waals surface area (Å²) in [6.07, 6.45) is 5.67. The first-order valence-electron chi connectivity index (χ1n) is 10.0. The van der Waals surface area contributed by atoms with Gasteiger partial charge in [0, 0.05) is 12.5 Å². The number of carbonyl (C=O) groups is 2. The number of ketones is 1. The van der Waals surface area contributed by atoms with Crippen LogP contribution in [0.4, 0.5) is 0 Å². The summed E-state index contributed by atoms with van der Waals surface area (Å²) in [4.78, 5) is 23.7. The summed E-state index contributed by atoms with van der Waals surface area (Å²) in [6.45, 7) is 13.4. The maximum Gasteiger partial charge on any atom is 0.147 e. The Hall–Kier alpha value is -1.48. The summed E-state index contributed by atoms with van der Waals surface area (Å²) >= 11 is 0. The molecule has 0 bridgehead atoms. The maximum absolute atomic E-state index is 12.7. The minimum absolute atomic E-state index is 0.00126. The van der Waals surface area contributed by atoms with E-state index >= 15 is 0 Å². The molecule has 0 saturated carbocycles. The quantitative estimate of drug-likeness (QED) is 0.279. The number of aryl methyl sites for hydroxylation is 1. The van der Waals surface area contributed by atoms with Crippen LogP contribution in [-0.2, 0) is 14.3 Å². The van der Waals surface area contributed by atoms with Gasteiger partial charge in [-0.2, -0.15) is 0 Å². The normalized spacial score (nSPS) is 13.5. The summed E-state index contributed by atoms with van der Waals surface area (Å²) in [5.74, 6) is -0.268. The van der Waals surface area contributed by atoms with E-state index in [1.165, 1.54) is 29.5 Å². The molecule has 0 spiro atoms. The van der Waals surface area contributed by atoms with Gasteiger partial charge in [0.1, 0.15) is 12.1 Å². The van der Waals surface area contributed by atoms with E-state index in [1.807, 2.05) is 0 Å². The lowest BCUT2D eigenvalue weighted by atomic mass is 9.82. The third kappa shape index (κ3) is 6.05. The second-order valence-electron chi connectivity index (χ2n) is 7.39. The predicted molar refractivity (Wildman–Crippen MR) is 108 cm³/mol. The van der Waals surface area contributed by atoms with Crippen LogP contribution < -0.4 is 0 Å². The highest BCUT2D eigenvalue weighted by Crippen LogP contribution is 2.32. The van der Waals surface area contributed by atoms with E-state index < -0.39 is 0 Å². The molecule has 146 valence electrons. The van der Waals surface area contributed by atoms with Gasteiger partial charge in [-0.05, 0) is 74.8 Å². The smallest absolute Gasteiger partial charge is 0.147 e. The number of hydrogen-bond donors (Lipinski definition) is 0. The third-order valence-corrected chi connectivity index (χ3v) is 5.63. The molecule has 1 aromatic carbocycles. The van der Waals surface area contributed by atoms with Gasteiger partial charge in [-0.1, -0.05) is 32.8 Å². The first-order chi connectivity index (χ1) is 12.4. The van der Waals surface area contributed by atoms with Crippen LogP contribution in [0.3, 0.4) is 0 Å². The standard InChI is InChI=1S/C23H36O3/c1-7-9-10-13-26-20(8-2)15-22(23(25)11-12-24)21-14-16(3)17(4)18(5)19(21)6/h12,14,20,22H,7-11,13,15H2,1-6H3. The van der Waals surface area contributed by atoms with Crippen LogP contribution in [0, 0.1) is 27.7 Å². The van der Waals surface area contributed by atoms with Crippen LogP contribution in [-0.4, -0.2) is 24.8 Å². The van der Waals surface area contributed by atoms with Crippen LogP contribution in [0.2, 0.25) is 0 Å². The summed E-state index contributed by atoms with van der Waals surface area (Å²) in [7, 11) is 0. The van der Waals surface area contributed by atoms with Crippen LogP contribution in [0.5, 0.6) is 0 Å². The molecule has 3 nitrogen and oxygen atoms in total. The summed E-state index contributed by atoms with van der Waals surface area (Å²) in [5, 5.41) is 0. The number of unbranched alkanes of at least 4 members (excludes halogenated alkanes) is 2. The lowest BCUT2D eigenvalue weighted by Crippen LogP contribution is -2.23. The van der Waals surface area contributed by atoms with Gasteiger partial charge in [-0.25, -0.2) is 0 Å². The van der Waals surface area contributed by atoms with Crippen molar-refractivity contribution >= 4 is 12.1 Å². The van der Waals surface area contributed by atoms with Crippen LogP contribution in [0.15, 0.2) is 6.07 Å². The molecule has 2 atom stereocenters. The molecule has 0 N–H and O–H groups in total. The Bertz CT molecular complexity index is 604. The number of hydrogen-bond acceptors (Lipinski definition) is 3. The van der Waals surface area contributed by atoms with E-state index in [0.29, 0.717) is 6.42 Å². The van der Waals surface area contributed by atoms with Gasteiger partial charge in [0.15, 0.2) is 0 Å². The molecule has 0 fully saturated rings. The lowest BCUT2D eigenvalue weighted by molar-refractivity contribution is -0.124. The SMILES string of the molecule is CCCCCOC(CC)CC(C(=O)CC=O)c1cc(C)c(C)c(C)c1C. The molecule has 0 amide bonds. The fourth-order valence-electron chi connectivity index (χ4n) is 3.48. The highest BCUT2D eigenvalue weighted by Gasteiger charge is 2.26. The average molecular weight is 361 g/mol. The van der Waals surface area contributed by atoms with Crippen molar-refractivity contribution in [1.29, 1.82) is 0 Å². The number of ether oxygens (including phenoxy) is 1. The predicted octanol–water partition coefficient (Wildman–Crippen LogP) is 5.54. The van der Waals surface area contributed by atoms with E-state index in [9.17, 15) is 9.59 Å². The fourth-order valence-corrected chi connectivity index (χ4v) is 3.48. The zero-order valence-corrected chi connectivity index (χ0v) is 17.5. The van der Waals surface area contributed by atoms with Crippen molar-refractivity contribution in [2.45, 2.75) is 92.1 Å². The number of carbonyl (C=O) groups excluding carboxylic acids is 2. The first-order valence-corrected chi connectivity index (χ1v) is 10.0. The molecule has 2 unspecified atom stereocenters. The lowest BCUT2D eigenvalue weighted by Gasteiger charge is -2.25. The third-order valence-electron chi connectivity index (χ3n) is 5.63. The van der Waals surface area contributed by atoms with E-state index in [2.05, 4.69) is 47.6 Å². The highest BCUT2D eigenvalue weighted by molar-refractivity contribution is 5.94. The topological polar surface area (TPSA) is 43.4 Å². The summed E-state index contributed by atoms with van der Waals surface area (Å²) in [6, 6.07) is 2.13. The Kier molecular flexibility index (Phi) is 9.79. The van der Waals surface area contributed by atoms with Crippen molar-refractivity contribution in [2.24, 2.45) is 0 Å². The van der Waals surface area contributed by atoms with Crippen molar-refractivity contribution in [3.8, 4) is 0 Å². The van der Waals surface area contributed by atoms with Crippen LogP contribution in [0.1, 0.15) is 86.1 Å². The van der Waals surface area contributed by atoms with E-state index in [4.69, 9.17) is 4.74 Å². The minimum Gasteiger partial charge on any atom is -0.378 e. The van der Waals surface area contributed by atoms with Gasteiger partial charge < -0.3 is 9.53 Å². The van der Waals surface area contributed by atoms with E-state index in [-0.39, 0.29) is 24.2 Å². The largest absolute Gasteiger partial charge is 0.378 e. The fraction of sp³-hybridized carbons (Fsp3) is 0.652. The Morgan fingerprint density at radius 3 is 2.35 bits per heavy atom. The molecule has 0 aliphatic rings. The van der Waals surface area contributed by atoms with Gasteiger partial charge in [0.05, 0.1) is 12.5 Å². The Balaban J connectivity index is 3.09. The molecule has 0 aromatic heterocycles. The zero-order valence-electron chi connectivity index (χ0n) is 17.5. The van der Waals surface area contributed by atoms with Gasteiger partial charge in [-0.3, -0.25) is 4.79 Å². The molecule has 3 heteroatoms. The van der Waals surface area contributed by atoms with Crippen molar-refractivity contribution in [3.63, 3.8) is 0 Å². The number of rotatable bonds is 12. The monoisotopic (exact) mass is 360 g/mol. The number of aldehydes is 1. The number of Topliss-reactive ketones (excluding diaryl/α,β-unsaturated/α-hetero) is 1. The Morgan fingerprint density at radius 1 is 1.08 bits per heavy atom. The van der Waals surface area contributed by atoms with Gasteiger partial charge in [0.25, 0.3) is 0 Å². The molecule has 0 radical (unpaired) electrons. The molecule has 0 aliphatic carbocycles. The molecule has 1 rings (SSSR count). The van der Waals surface area contributed by atoms with Crippen molar-refractivity contribution < 1.29 is 14.3 Å². The highest BCUT2D eigenvalue weighted by atomic mass is 16.5. The van der Waals surface area contributed by atoms with Crippen molar-refractivity contribution in [2.75, 3.05) is 6.61 Å². The molecule has 0 saturated heterocycles. The van der Waals surface area contributed by atoms with Crippen LogP contribution >= 0.6 is 0 Å². The maximum atomic E-state index is 12.7. The van der Waals surface area contributed by atoms with Crippen molar-refractivity contribution in [3.05, 3.63) is 33.9 Å². The molecule has 26 heavy (non-hydrogen) atoms. The molecule has 1 aromatic rings. The van der Waals surface area contributed by atoms with Gasteiger partial charge >= 0.3 is 0 Å². The van der Waals surface area contributed by atoms with E-state index in [1.54, 1.807) is 0 Å². The second-order valence-corrected chi connectivity index (χ2v) is 7.39.